The number of fused-ring (bicyclic) bond motifs is 1. The van der Waals surface area contributed by atoms with Gasteiger partial charge >= 0.3 is 12.2 Å². The van der Waals surface area contributed by atoms with Crippen LogP contribution in [0.4, 0.5) is 35.3 Å². The highest BCUT2D eigenvalue weighted by atomic mass is 19.4. The van der Waals surface area contributed by atoms with Crippen LogP contribution in [0.2, 0.25) is 0 Å². The lowest BCUT2D eigenvalue weighted by atomic mass is 10.0. The number of ether oxygens (including phenoxy) is 1. The van der Waals surface area contributed by atoms with E-state index in [0.29, 0.717) is 47.5 Å². The second-order valence-corrected chi connectivity index (χ2v) is 8.95. The van der Waals surface area contributed by atoms with Gasteiger partial charge in [0.25, 0.3) is 5.91 Å². The van der Waals surface area contributed by atoms with Crippen LogP contribution in [0.25, 0.3) is 16.6 Å². The van der Waals surface area contributed by atoms with E-state index in [0.717, 1.165) is 12.1 Å². The Labute approximate surface area is 226 Å². The number of hydrogen-bond donors (Lipinski definition) is 4. The van der Waals surface area contributed by atoms with Crippen molar-refractivity contribution >= 4 is 34.8 Å². The van der Waals surface area contributed by atoms with Gasteiger partial charge < -0.3 is 21.1 Å². The molecule has 0 aliphatic rings. The van der Waals surface area contributed by atoms with Crippen LogP contribution in [0.15, 0.2) is 55.0 Å². The van der Waals surface area contributed by atoms with Crippen LogP contribution < -0.4 is 21.7 Å². The number of amides is 3. The number of alkyl halides is 3. The predicted molar refractivity (Wildman–Crippen MR) is 143 cm³/mol. The third kappa shape index (κ3) is 6.83. The summed E-state index contributed by atoms with van der Waals surface area (Å²) in [4.78, 5) is 32.9. The van der Waals surface area contributed by atoms with Crippen molar-refractivity contribution in [1.29, 1.82) is 0 Å². The zero-order valence-corrected chi connectivity index (χ0v) is 21.6. The molecule has 0 fully saturated rings. The maximum absolute atomic E-state index is 13.1. The van der Waals surface area contributed by atoms with Crippen molar-refractivity contribution in [3.63, 3.8) is 0 Å². The van der Waals surface area contributed by atoms with E-state index in [2.05, 4.69) is 31.0 Å². The molecule has 3 heterocycles. The van der Waals surface area contributed by atoms with E-state index in [1.165, 1.54) is 16.9 Å². The minimum Gasteiger partial charge on any atom is -0.382 e. The molecule has 11 nitrogen and oxygen atoms in total. The van der Waals surface area contributed by atoms with Gasteiger partial charge in [-0.1, -0.05) is 18.2 Å². The first-order valence-corrected chi connectivity index (χ1v) is 12.3. The Morgan fingerprint density at radius 2 is 1.85 bits per heavy atom. The van der Waals surface area contributed by atoms with E-state index in [1.54, 1.807) is 30.5 Å². The van der Waals surface area contributed by atoms with Crippen molar-refractivity contribution < 1.29 is 27.5 Å². The van der Waals surface area contributed by atoms with Gasteiger partial charge in [-0.05, 0) is 50.1 Å². The maximum Gasteiger partial charge on any atom is 0.433 e. The van der Waals surface area contributed by atoms with E-state index in [9.17, 15) is 22.8 Å². The highest BCUT2D eigenvalue weighted by Gasteiger charge is 2.32. The summed E-state index contributed by atoms with van der Waals surface area (Å²) in [6, 6.07) is 8.87. The Bertz CT molecular complexity index is 1500. The van der Waals surface area contributed by atoms with E-state index in [1.807, 2.05) is 13.8 Å². The molecule has 5 N–H and O–H groups in total. The first-order valence-electron chi connectivity index (χ1n) is 12.3. The van der Waals surface area contributed by atoms with Gasteiger partial charge in [0, 0.05) is 30.6 Å². The van der Waals surface area contributed by atoms with Crippen molar-refractivity contribution in [2.45, 2.75) is 32.5 Å². The molecule has 1 aromatic carbocycles. The number of nitrogen functional groups attached to an aromatic ring is 1. The highest BCUT2D eigenvalue weighted by Crippen LogP contribution is 2.33. The smallest absolute Gasteiger partial charge is 0.382 e. The summed E-state index contributed by atoms with van der Waals surface area (Å²) in [6.45, 7) is 4.78. The number of nitrogens with two attached hydrogens (primary N) is 1. The van der Waals surface area contributed by atoms with Crippen LogP contribution >= 0.6 is 0 Å². The third-order valence-corrected chi connectivity index (χ3v) is 5.62. The molecule has 3 aromatic heterocycles. The van der Waals surface area contributed by atoms with Crippen LogP contribution in [-0.2, 0) is 10.9 Å². The van der Waals surface area contributed by atoms with Crippen molar-refractivity contribution in [3.05, 3.63) is 66.2 Å². The molecule has 0 saturated heterocycles. The fraction of sp³-hybridized carbons (Fsp3) is 0.269. The third-order valence-electron chi connectivity index (χ3n) is 5.62. The molecule has 210 valence electrons. The molecule has 0 aliphatic carbocycles. The molecule has 0 aliphatic heterocycles. The standard InChI is InChI=1S/C26H27F3N8O3/c1-15(2)40-12-4-11-31-24(38)18-13-37-22(23(30)32-14-33-37)21(18)16-7-9-17(10-8-16)34-25(39)36-20-6-3-5-19(35-20)26(27,28)29/h3,5-10,13-15H,4,11-12H2,1-2H3,(H,31,38)(H2,30,32,33)(H2,34,35,36,39). The molecule has 0 bridgehead atoms. The van der Waals surface area contributed by atoms with Gasteiger partial charge in [0.1, 0.15) is 23.4 Å². The number of benzene rings is 1. The van der Waals surface area contributed by atoms with Crippen LogP contribution in [-0.4, -0.2) is 50.8 Å². The average Bonchev–Trinajstić information content (AvgIpc) is 3.29. The van der Waals surface area contributed by atoms with E-state index < -0.39 is 17.9 Å². The summed E-state index contributed by atoms with van der Waals surface area (Å²) in [5, 5.41) is 11.9. The summed E-state index contributed by atoms with van der Waals surface area (Å²) >= 11 is 0. The quantitative estimate of drug-likeness (QED) is 0.221. The second kappa shape index (κ2) is 12.0. The number of pyridine rings is 1. The van der Waals surface area contributed by atoms with E-state index >= 15 is 0 Å². The number of rotatable bonds is 9. The van der Waals surface area contributed by atoms with Crippen LogP contribution in [0.5, 0.6) is 0 Å². The topological polar surface area (TPSA) is 149 Å². The average molecular weight is 557 g/mol. The minimum atomic E-state index is -4.64. The molecule has 14 heteroatoms. The first-order chi connectivity index (χ1) is 19.0. The summed E-state index contributed by atoms with van der Waals surface area (Å²) in [6.07, 6.45) is -1.07. The molecule has 0 atom stereocenters. The monoisotopic (exact) mass is 556 g/mol. The molecule has 3 amide bonds. The van der Waals surface area contributed by atoms with E-state index in [-0.39, 0.29) is 23.6 Å². The summed E-state index contributed by atoms with van der Waals surface area (Å²) < 4.78 is 45.6. The number of hydrogen-bond acceptors (Lipinski definition) is 7. The van der Waals surface area contributed by atoms with Crippen molar-refractivity contribution in [1.82, 2.24) is 24.9 Å². The molecule has 0 saturated carbocycles. The lowest BCUT2D eigenvalue weighted by molar-refractivity contribution is -0.141. The first kappa shape index (κ1) is 28.3. The Balaban J connectivity index is 1.51. The highest BCUT2D eigenvalue weighted by molar-refractivity contribution is 6.07. The van der Waals surface area contributed by atoms with Gasteiger partial charge in [0.05, 0.1) is 11.7 Å². The molecule has 0 unspecified atom stereocenters. The molecule has 40 heavy (non-hydrogen) atoms. The molecular weight excluding hydrogens is 529 g/mol. The number of urea groups is 1. The second-order valence-electron chi connectivity index (χ2n) is 8.95. The van der Waals surface area contributed by atoms with Gasteiger partial charge in [-0.15, -0.1) is 0 Å². The zero-order chi connectivity index (χ0) is 28.9. The number of anilines is 3. The molecular formula is C26H27F3N8O3. The maximum atomic E-state index is 13.1. The number of carbonyl (C=O) groups is 2. The van der Waals surface area contributed by atoms with Crippen molar-refractivity contribution in [3.8, 4) is 11.1 Å². The lowest BCUT2D eigenvalue weighted by Gasteiger charge is -2.11. The predicted octanol–water partition coefficient (Wildman–Crippen LogP) is 4.58. The number of halogens is 3. The van der Waals surface area contributed by atoms with Crippen molar-refractivity contribution in [2.24, 2.45) is 0 Å². The van der Waals surface area contributed by atoms with Gasteiger partial charge in [-0.2, -0.15) is 18.3 Å². The number of carbonyl (C=O) groups excluding carboxylic acids is 2. The zero-order valence-electron chi connectivity index (χ0n) is 21.6. The number of aromatic nitrogens is 4. The molecule has 0 spiro atoms. The minimum absolute atomic E-state index is 0.0985. The van der Waals surface area contributed by atoms with Crippen LogP contribution in [0.3, 0.4) is 0 Å². The molecule has 4 aromatic rings. The van der Waals surface area contributed by atoms with Gasteiger partial charge in [0.15, 0.2) is 5.82 Å². The van der Waals surface area contributed by atoms with Crippen LogP contribution in [0.1, 0.15) is 36.3 Å². The van der Waals surface area contributed by atoms with Gasteiger partial charge in [0.2, 0.25) is 0 Å². The Morgan fingerprint density at radius 1 is 1.10 bits per heavy atom. The summed E-state index contributed by atoms with van der Waals surface area (Å²) in [7, 11) is 0. The number of nitrogens with zero attached hydrogens (tertiary/aromatic N) is 4. The van der Waals surface area contributed by atoms with Crippen molar-refractivity contribution in [2.75, 3.05) is 29.5 Å². The van der Waals surface area contributed by atoms with Gasteiger partial charge in [-0.3, -0.25) is 10.1 Å². The normalized spacial score (nSPS) is 11.6. The van der Waals surface area contributed by atoms with Gasteiger partial charge in [-0.25, -0.2) is 19.3 Å². The Kier molecular flexibility index (Phi) is 8.48. The lowest BCUT2D eigenvalue weighted by Crippen LogP contribution is -2.25. The van der Waals surface area contributed by atoms with Crippen LogP contribution in [0, 0.1) is 0 Å². The number of nitrogens with one attached hydrogen (secondary N) is 3. The Morgan fingerprint density at radius 3 is 2.55 bits per heavy atom. The Hall–Kier alpha value is -4.72. The van der Waals surface area contributed by atoms with E-state index in [4.69, 9.17) is 10.5 Å². The fourth-order valence-electron chi connectivity index (χ4n) is 3.85. The molecule has 4 rings (SSSR count). The largest absolute Gasteiger partial charge is 0.433 e. The fourth-order valence-corrected chi connectivity index (χ4v) is 3.85. The summed E-state index contributed by atoms with van der Waals surface area (Å²) in [5.41, 5.74) is 7.20. The SMILES string of the molecule is CC(C)OCCCNC(=O)c1cn2ncnc(N)c2c1-c1ccc(NC(=O)Nc2cccc(C(F)(F)F)n2)cc1. The molecule has 0 radical (unpaired) electrons. The summed E-state index contributed by atoms with van der Waals surface area (Å²) in [5.74, 6) is -0.421.